The van der Waals surface area contributed by atoms with Gasteiger partial charge in [-0.2, -0.15) is 4.90 Å². The summed E-state index contributed by atoms with van der Waals surface area (Å²) in [6, 6.07) is 3.36. The zero-order valence-corrected chi connectivity index (χ0v) is 15.7. The maximum absolute atomic E-state index is 12.5. The molecular weight excluding hydrogens is 352 g/mol. The first-order valence-corrected chi connectivity index (χ1v) is 7.79. The number of hydrogen-bond donors (Lipinski definition) is 0. The van der Waals surface area contributed by atoms with E-state index in [9.17, 15) is 19.7 Å². The van der Waals surface area contributed by atoms with Crippen molar-refractivity contribution in [3.63, 3.8) is 0 Å². The Kier molecular flexibility index (Phi) is 6.01. The van der Waals surface area contributed by atoms with Gasteiger partial charge >= 0.3 is 12.2 Å². The fourth-order valence-electron chi connectivity index (χ4n) is 1.68. The Bertz CT molecular complexity index is 663. The first-order valence-electron chi connectivity index (χ1n) is 7.41. The summed E-state index contributed by atoms with van der Waals surface area (Å²) in [4.78, 5) is 35.7. The average Bonchev–Trinajstić information content (AvgIpc) is 2.36. The minimum absolute atomic E-state index is 0.0734. The van der Waals surface area contributed by atoms with Gasteiger partial charge in [0.2, 0.25) is 0 Å². The predicted octanol–water partition coefficient (Wildman–Crippen LogP) is 4.92. The van der Waals surface area contributed by atoms with Gasteiger partial charge in [-0.15, -0.1) is 0 Å². The molecule has 0 radical (unpaired) electrons. The van der Waals surface area contributed by atoms with Crippen LogP contribution in [0.25, 0.3) is 0 Å². The lowest BCUT2D eigenvalue weighted by Gasteiger charge is -2.28. The molecule has 8 nitrogen and oxygen atoms in total. The Balaban J connectivity index is 3.33. The molecule has 1 aromatic carbocycles. The van der Waals surface area contributed by atoms with Crippen LogP contribution in [0.15, 0.2) is 18.2 Å². The highest BCUT2D eigenvalue weighted by atomic mass is 35.5. The van der Waals surface area contributed by atoms with E-state index < -0.39 is 28.3 Å². The van der Waals surface area contributed by atoms with Crippen molar-refractivity contribution in [1.29, 1.82) is 0 Å². The van der Waals surface area contributed by atoms with E-state index in [0.29, 0.717) is 4.90 Å². The SMILES string of the molecule is CC(C)(C)OC(=O)N(C(=O)OC(C)(C)C)c1ccc([N+](=O)[O-])cc1Cl. The molecule has 0 bridgehead atoms. The molecule has 1 aromatic rings. The standard InChI is InChI=1S/C16H21ClN2O6/c1-15(2,3)24-13(20)18(14(21)25-16(4,5)6)12-8-7-10(19(22)23)9-11(12)17/h7-9H,1-6H3. The van der Waals surface area contributed by atoms with E-state index in [2.05, 4.69) is 0 Å². The summed E-state index contributed by atoms with van der Waals surface area (Å²) in [5.41, 5.74) is -2.09. The first-order chi connectivity index (χ1) is 11.2. The van der Waals surface area contributed by atoms with Crippen molar-refractivity contribution in [3.8, 4) is 0 Å². The van der Waals surface area contributed by atoms with E-state index in [0.717, 1.165) is 12.1 Å². The number of amides is 2. The number of benzene rings is 1. The quantitative estimate of drug-likeness (QED) is 0.539. The number of anilines is 1. The van der Waals surface area contributed by atoms with Gasteiger partial charge < -0.3 is 9.47 Å². The van der Waals surface area contributed by atoms with Crippen molar-refractivity contribution in [2.45, 2.75) is 52.7 Å². The maximum Gasteiger partial charge on any atom is 0.424 e. The summed E-state index contributed by atoms with van der Waals surface area (Å²) in [7, 11) is 0. The third-order valence-corrected chi connectivity index (χ3v) is 2.84. The molecule has 0 heterocycles. The highest BCUT2D eigenvalue weighted by Gasteiger charge is 2.34. The Morgan fingerprint density at radius 3 is 1.80 bits per heavy atom. The van der Waals surface area contributed by atoms with E-state index in [1.807, 2.05) is 0 Å². The first kappa shape index (κ1) is 20.7. The number of non-ortho nitro benzene ring substituents is 1. The van der Waals surface area contributed by atoms with Gasteiger partial charge in [-0.1, -0.05) is 11.6 Å². The number of nitro benzene ring substituents is 1. The zero-order chi connectivity index (χ0) is 19.6. The fraction of sp³-hybridized carbons (Fsp3) is 0.500. The summed E-state index contributed by atoms with van der Waals surface area (Å²) in [5, 5.41) is 10.7. The Hall–Kier alpha value is -2.35. The van der Waals surface area contributed by atoms with Crippen molar-refractivity contribution in [2.24, 2.45) is 0 Å². The number of ether oxygens (including phenoxy) is 2. The minimum atomic E-state index is -1.00. The summed E-state index contributed by atoms with van der Waals surface area (Å²) >= 11 is 6.04. The molecule has 9 heteroatoms. The highest BCUT2D eigenvalue weighted by Crippen LogP contribution is 2.32. The van der Waals surface area contributed by atoms with E-state index in [1.54, 1.807) is 41.5 Å². The number of carbonyl (C=O) groups is 2. The zero-order valence-electron chi connectivity index (χ0n) is 15.0. The fourth-order valence-corrected chi connectivity index (χ4v) is 1.94. The summed E-state index contributed by atoms with van der Waals surface area (Å²) in [6.07, 6.45) is -2.00. The van der Waals surface area contributed by atoms with Crippen molar-refractivity contribution < 1.29 is 24.0 Å². The van der Waals surface area contributed by atoms with Gasteiger partial charge in [-0.05, 0) is 47.6 Å². The van der Waals surface area contributed by atoms with E-state index >= 15 is 0 Å². The molecule has 0 aliphatic rings. The van der Waals surface area contributed by atoms with Crippen molar-refractivity contribution in [1.82, 2.24) is 0 Å². The topological polar surface area (TPSA) is 99.0 Å². The van der Waals surface area contributed by atoms with E-state index in [-0.39, 0.29) is 16.4 Å². The smallest absolute Gasteiger partial charge is 0.424 e. The number of carbonyl (C=O) groups excluding carboxylic acids is 2. The molecule has 0 N–H and O–H groups in total. The van der Waals surface area contributed by atoms with E-state index in [1.165, 1.54) is 6.07 Å². The number of imide groups is 1. The van der Waals surface area contributed by atoms with Gasteiger partial charge in [0.15, 0.2) is 0 Å². The van der Waals surface area contributed by atoms with Gasteiger partial charge in [0.05, 0.1) is 15.6 Å². The number of rotatable bonds is 2. The molecule has 0 saturated carbocycles. The number of halogens is 1. The lowest BCUT2D eigenvalue weighted by atomic mass is 10.2. The molecular formula is C16H21ClN2O6. The van der Waals surface area contributed by atoms with Gasteiger partial charge in [-0.25, -0.2) is 9.59 Å². The summed E-state index contributed by atoms with van der Waals surface area (Å²) < 4.78 is 10.4. The Labute approximate surface area is 150 Å². The lowest BCUT2D eigenvalue weighted by Crippen LogP contribution is -2.44. The van der Waals surface area contributed by atoms with Crippen LogP contribution in [0.1, 0.15) is 41.5 Å². The van der Waals surface area contributed by atoms with Crippen LogP contribution in [-0.2, 0) is 9.47 Å². The van der Waals surface area contributed by atoms with Crippen LogP contribution in [0.4, 0.5) is 21.0 Å². The maximum atomic E-state index is 12.5. The molecule has 0 atom stereocenters. The molecule has 138 valence electrons. The third kappa shape index (κ3) is 6.22. The predicted molar refractivity (Wildman–Crippen MR) is 93.1 cm³/mol. The minimum Gasteiger partial charge on any atom is -0.443 e. The third-order valence-electron chi connectivity index (χ3n) is 2.54. The van der Waals surface area contributed by atoms with E-state index in [4.69, 9.17) is 21.1 Å². The molecule has 0 aliphatic carbocycles. The van der Waals surface area contributed by atoms with Crippen LogP contribution in [0, 0.1) is 10.1 Å². The second kappa shape index (κ2) is 7.26. The molecule has 0 spiro atoms. The second-order valence-electron chi connectivity index (χ2n) is 7.19. The number of hydrogen-bond acceptors (Lipinski definition) is 6. The molecule has 0 aliphatic heterocycles. The molecule has 0 aromatic heterocycles. The van der Waals surface area contributed by atoms with Crippen molar-refractivity contribution >= 4 is 35.2 Å². The number of nitro groups is 1. The highest BCUT2D eigenvalue weighted by molar-refractivity contribution is 6.35. The van der Waals surface area contributed by atoms with Gasteiger partial charge in [0.1, 0.15) is 11.2 Å². The molecule has 0 unspecified atom stereocenters. The van der Waals surface area contributed by atoms with Gasteiger partial charge in [0.25, 0.3) is 5.69 Å². The largest absolute Gasteiger partial charge is 0.443 e. The second-order valence-corrected chi connectivity index (χ2v) is 7.60. The van der Waals surface area contributed by atoms with Gasteiger partial charge in [0, 0.05) is 12.1 Å². The van der Waals surface area contributed by atoms with Crippen LogP contribution in [0.3, 0.4) is 0 Å². The van der Waals surface area contributed by atoms with Crippen LogP contribution in [0.2, 0.25) is 5.02 Å². The Morgan fingerprint density at radius 1 is 1.04 bits per heavy atom. The van der Waals surface area contributed by atoms with Crippen molar-refractivity contribution in [2.75, 3.05) is 4.90 Å². The monoisotopic (exact) mass is 372 g/mol. The number of nitrogens with zero attached hydrogens (tertiary/aromatic N) is 2. The van der Waals surface area contributed by atoms with Crippen LogP contribution < -0.4 is 4.90 Å². The summed E-state index contributed by atoms with van der Waals surface area (Å²) in [5.74, 6) is 0. The normalized spacial score (nSPS) is 11.6. The molecule has 1 rings (SSSR count). The van der Waals surface area contributed by atoms with Crippen LogP contribution >= 0.6 is 11.6 Å². The lowest BCUT2D eigenvalue weighted by molar-refractivity contribution is -0.384. The van der Waals surface area contributed by atoms with Crippen molar-refractivity contribution in [3.05, 3.63) is 33.3 Å². The van der Waals surface area contributed by atoms with Crippen LogP contribution in [-0.4, -0.2) is 28.3 Å². The van der Waals surface area contributed by atoms with Crippen LogP contribution in [0.5, 0.6) is 0 Å². The molecule has 2 amide bonds. The molecule has 25 heavy (non-hydrogen) atoms. The molecule has 0 fully saturated rings. The average molecular weight is 373 g/mol. The Morgan fingerprint density at radius 2 is 1.48 bits per heavy atom. The molecule has 0 saturated heterocycles. The van der Waals surface area contributed by atoms with Gasteiger partial charge in [-0.3, -0.25) is 10.1 Å². The summed E-state index contributed by atoms with van der Waals surface area (Å²) in [6.45, 7) is 9.81.